The lowest BCUT2D eigenvalue weighted by atomic mass is 9.90. The molecule has 50 heavy (non-hydrogen) atoms. The number of hydrogen-bond acceptors (Lipinski definition) is 9. The highest BCUT2D eigenvalue weighted by molar-refractivity contribution is 6.08. The summed E-state index contributed by atoms with van der Waals surface area (Å²) in [5, 5.41) is 3.22. The molecule has 2 saturated heterocycles. The van der Waals surface area contributed by atoms with E-state index in [1.807, 2.05) is 18.3 Å². The summed E-state index contributed by atoms with van der Waals surface area (Å²) < 4.78 is 9.05. The van der Waals surface area contributed by atoms with Crippen LogP contribution in [0.1, 0.15) is 59.3 Å². The maximum Gasteiger partial charge on any atom is 0.276 e. The number of carbonyl (C=O) groups excluding carboxylic acids is 2. The fourth-order valence-corrected chi connectivity index (χ4v) is 8.21. The largest absolute Gasteiger partial charge is 0.378 e. The van der Waals surface area contributed by atoms with Gasteiger partial charge >= 0.3 is 0 Å². The first-order chi connectivity index (χ1) is 24.1. The molecule has 1 unspecified atom stereocenters. The standard InChI is InChI=1S/C38H44N8O4/c1-5-26-20-43(28-22-50-23-28)10-11-44(26)27-6-7-34(40-18-27)41-31-14-25(19-42(4)36(31)48)29-8-9-39-35(30(29)21-47)46-13-12-45-32(37(46)49)15-24-16-38(2,3)17-33(24)45/h6-9,14-15,18-19,21,26,28H,5,10-13,16-17,20,22-23H2,1-4H3,(H,40,41). The molecule has 12 heteroatoms. The molecule has 0 aromatic carbocycles. The molecule has 4 aromatic rings. The minimum atomic E-state index is -0.230. The molecular weight excluding hydrogens is 632 g/mol. The van der Waals surface area contributed by atoms with Gasteiger partial charge < -0.3 is 24.1 Å². The van der Waals surface area contributed by atoms with Gasteiger partial charge in [0.15, 0.2) is 6.29 Å². The molecule has 260 valence electrons. The first-order valence-corrected chi connectivity index (χ1v) is 17.6. The molecule has 0 saturated carbocycles. The van der Waals surface area contributed by atoms with Crippen LogP contribution in [0.4, 0.5) is 23.0 Å². The summed E-state index contributed by atoms with van der Waals surface area (Å²) in [4.78, 5) is 55.7. The summed E-state index contributed by atoms with van der Waals surface area (Å²) >= 11 is 0. The Bertz CT molecular complexity index is 2030. The highest BCUT2D eigenvalue weighted by atomic mass is 16.5. The van der Waals surface area contributed by atoms with E-state index in [2.05, 4.69) is 56.5 Å². The van der Waals surface area contributed by atoms with E-state index >= 15 is 0 Å². The number of ether oxygens (including phenoxy) is 1. The number of aryl methyl sites for hydroxylation is 1. The number of hydrogen-bond donors (Lipinski definition) is 1. The third kappa shape index (κ3) is 5.60. The molecule has 0 bridgehead atoms. The van der Waals surface area contributed by atoms with Gasteiger partial charge in [-0.15, -0.1) is 0 Å². The normalized spacial score (nSPS) is 20.4. The second-order valence-corrected chi connectivity index (χ2v) is 14.9. The van der Waals surface area contributed by atoms with Crippen molar-refractivity contribution in [1.82, 2.24) is 24.0 Å². The molecule has 1 amide bonds. The first-order valence-electron chi connectivity index (χ1n) is 17.6. The lowest BCUT2D eigenvalue weighted by molar-refractivity contribution is -0.0698. The van der Waals surface area contributed by atoms with E-state index < -0.39 is 0 Å². The van der Waals surface area contributed by atoms with Gasteiger partial charge in [-0.2, -0.15) is 0 Å². The molecule has 3 aliphatic heterocycles. The fourth-order valence-electron chi connectivity index (χ4n) is 8.21. The van der Waals surface area contributed by atoms with Crippen molar-refractivity contribution in [1.29, 1.82) is 0 Å². The Morgan fingerprint density at radius 3 is 2.60 bits per heavy atom. The number of nitrogens with one attached hydrogen (secondary N) is 1. The highest BCUT2D eigenvalue weighted by Gasteiger charge is 2.38. The fraction of sp³-hybridized carbons (Fsp3) is 0.447. The number of fused-ring (bicyclic) bond motifs is 3. The lowest BCUT2D eigenvalue weighted by Crippen LogP contribution is -2.60. The quantitative estimate of drug-likeness (QED) is 0.273. The SMILES string of the molecule is CCC1CN(C2COC2)CCN1c1ccc(Nc2cc(-c3ccnc(N4CCn5c(cc6c5CC(C)(C)C6)C4=O)c3C=O)cn(C)c2=O)nc1. The molecule has 1 N–H and O–H groups in total. The van der Waals surface area contributed by atoms with Crippen LogP contribution in [-0.2, 0) is 31.2 Å². The molecule has 0 radical (unpaired) electrons. The predicted molar refractivity (Wildman–Crippen MR) is 193 cm³/mol. The summed E-state index contributed by atoms with van der Waals surface area (Å²) in [7, 11) is 1.68. The lowest BCUT2D eigenvalue weighted by Gasteiger charge is -2.47. The number of carbonyl (C=O) groups is 2. The summed E-state index contributed by atoms with van der Waals surface area (Å²) in [5.74, 6) is 0.710. The minimum Gasteiger partial charge on any atom is -0.378 e. The Morgan fingerprint density at radius 2 is 1.88 bits per heavy atom. The van der Waals surface area contributed by atoms with Gasteiger partial charge in [-0.1, -0.05) is 20.8 Å². The molecular formula is C38H44N8O4. The molecule has 2 fully saturated rings. The second kappa shape index (κ2) is 12.5. The van der Waals surface area contributed by atoms with E-state index in [1.165, 1.54) is 15.8 Å². The van der Waals surface area contributed by atoms with Crippen LogP contribution in [0.15, 0.2) is 53.7 Å². The van der Waals surface area contributed by atoms with Gasteiger partial charge in [0.05, 0.1) is 36.7 Å². The zero-order valence-corrected chi connectivity index (χ0v) is 29.2. The maximum absolute atomic E-state index is 13.8. The number of aromatic nitrogens is 4. The van der Waals surface area contributed by atoms with E-state index in [9.17, 15) is 14.4 Å². The van der Waals surface area contributed by atoms with Gasteiger partial charge in [-0.3, -0.25) is 24.2 Å². The molecule has 7 heterocycles. The molecule has 4 aromatic heterocycles. The van der Waals surface area contributed by atoms with E-state index in [4.69, 9.17) is 4.74 Å². The van der Waals surface area contributed by atoms with E-state index in [0.29, 0.717) is 64.9 Å². The van der Waals surface area contributed by atoms with Crippen LogP contribution >= 0.6 is 0 Å². The van der Waals surface area contributed by atoms with Gasteiger partial charge in [0.2, 0.25) is 0 Å². The number of rotatable bonds is 8. The van der Waals surface area contributed by atoms with Crippen molar-refractivity contribution in [2.75, 3.05) is 54.5 Å². The number of pyridine rings is 3. The molecule has 8 rings (SSSR count). The van der Waals surface area contributed by atoms with Crippen LogP contribution in [0.3, 0.4) is 0 Å². The Morgan fingerprint density at radius 1 is 1.04 bits per heavy atom. The monoisotopic (exact) mass is 676 g/mol. The van der Waals surface area contributed by atoms with Crippen LogP contribution in [-0.4, -0.2) is 87.7 Å². The van der Waals surface area contributed by atoms with Crippen molar-refractivity contribution in [2.24, 2.45) is 12.5 Å². The number of amides is 1. The predicted octanol–water partition coefficient (Wildman–Crippen LogP) is 4.28. The van der Waals surface area contributed by atoms with Gasteiger partial charge in [0.1, 0.15) is 23.0 Å². The smallest absolute Gasteiger partial charge is 0.276 e. The topological polar surface area (TPSA) is 118 Å². The summed E-state index contributed by atoms with van der Waals surface area (Å²) in [6.07, 6.45) is 8.85. The Balaban J connectivity index is 1.04. The van der Waals surface area contributed by atoms with Crippen LogP contribution in [0.5, 0.6) is 0 Å². The Hall–Kier alpha value is -4.81. The van der Waals surface area contributed by atoms with Gasteiger partial charge in [0, 0.05) is 69.5 Å². The molecule has 0 spiro atoms. The van der Waals surface area contributed by atoms with E-state index in [0.717, 1.165) is 64.1 Å². The number of piperazine rings is 1. The summed E-state index contributed by atoms with van der Waals surface area (Å²) in [6, 6.07) is 10.4. The Labute approximate surface area is 291 Å². The third-order valence-electron chi connectivity index (χ3n) is 10.9. The zero-order valence-electron chi connectivity index (χ0n) is 29.2. The number of anilines is 4. The van der Waals surface area contributed by atoms with E-state index in [-0.39, 0.29) is 16.9 Å². The third-order valence-corrected chi connectivity index (χ3v) is 10.9. The van der Waals surface area contributed by atoms with Crippen molar-refractivity contribution in [3.8, 4) is 11.1 Å². The molecule has 1 aliphatic carbocycles. The van der Waals surface area contributed by atoms with Gasteiger partial charge in [-0.05, 0) is 66.1 Å². The van der Waals surface area contributed by atoms with Crippen molar-refractivity contribution < 1.29 is 14.3 Å². The molecule has 1 atom stereocenters. The second-order valence-electron chi connectivity index (χ2n) is 14.9. The van der Waals surface area contributed by atoms with Gasteiger partial charge in [-0.25, -0.2) is 9.97 Å². The van der Waals surface area contributed by atoms with Crippen LogP contribution < -0.4 is 20.7 Å². The maximum atomic E-state index is 13.8. The molecule has 12 nitrogen and oxygen atoms in total. The zero-order chi connectivity index (χ0) is 34.7. The number of aldehydes is 1. The van der Waals surface area contributed by atoms with E-state index in [1.54, 1.807) is 36.5 Å². The van der Waals surface area contributed by atoms with Gasteiger partial charge in [0.25, 0.3) is 11.5 Å². The van der Waals surface area contributed by atoms with Crippen molar-refractivity contribution in [2.45, 2.75) is 58.7 Å². The molecule has 4 aliphatic rings. The summed E-state index contributed by atoms with van der Waals surface area (Å²) in [6.45, 7) is 12.4. The minimum absolute atomic E-state index is 0.159. The average molecular weight is 677 g/mol. The number of nitrogens with zero attached hydrogens (tertiary/aromatic N) is 7. The average Bonchev–Trinajstić information content (AvgIpc) is 3.58. The van der Waals surface area contributed by atoms with Crippen molar-refractivity contribution in [3.63, 3.8) is 0 Å². The highest BCUT2D eigenvalue weighted by Crippen LogP contribution is 2.40. The van der Waals surface area contributed by atoms with Crippen LogP contribution in [0, 0.1) is 5.41 Å². The van der Waals surface area contributed by atoms with Crippen molar-refractivity contribution in [3.05, 3.63) is 81.8 Å². The first kappa shape index (κ1) is 32.4. The van der Waals surface area contributed by atoms with Crippen LogP contribution in [0.2, 0.25) is 0 Å². The van der Waals surface area contributed by atoms with Crippen molar-refractivity contribution >= 4 is 35.2 Å². The van der Waals surface area contributed by atoms with Crippen LogP contribution in [0.25, 0.3) is 11.1 Å². The Kier molecular flexibility index (Phi) is 8.10. The summed E-state index contributed by atoms with van der Waals surface area (Å²) in [5.41, 5.74) is 6.00.